The van der Waals surface area contributed by atoms with Gasteiger partial charge in [0.2, 0.25) is 0 Å². The highest BCUT2D eigenvalue weighted by molar-refractivity contribution is 5.70. The molecule has 0 spiro atoms. The van der Waals surface area contributed by atoms with Crippen molar-refractivity contribution in [1.82, 2.24) is 0 Å². The van der Waals surface area contributed by atoms with Crippen LogP contribution in [0.2, 0.25) is 0 Å². The van der Waals surface area contributed by atoms with E-state index in [1.165, 1.54) is 7.11 Å². The van der Waals surface area contributed by atoms with Gasteiger partial charge in [0.25, 0.3) is 0 Å². The molecule has 0 aliphatic heterocycles. The van der Waals surface area contributed by atoms with Crippen LogP contribution in [-0.4, -0.2) is 24.8 Å². The monoisotopic (exact) mass is 172 g/mol. The van der Waals surface area contributed by atoms with E-state index in [-0.39, 0.29) is 12.5 Å². The van der Waals surface area contributed by atoms with Crippen LogP contribution in [0, 0.1) is 11.8 Å². The van der Waals surface area contributed by atoms with Crippen molar-refractivity contribution in [3.63, 3.8) is 0 Å². The van der Waals surface area contributed by atoms with Crippen LogP contribution in [0.4, 0.5) is 0 Å². The number of aliphatic carboxylic acids is 1. The molecule has 0 saturated carbocycles. The average Bonchev–Trinajstić information content (AvgIpc) is 1.99. The van der Waals surface area contributed by atoms with E-state index in [4.69, 9.17) is 9.84 Å². The van der Waals surface area contributed by atoms with Crippen LogP contribution in [0.5, 0.6) is 0 Å². The van der Waals surface area contributed by atoms with Crippen molar-refractivity contribution >= 4 is 5.97 Å². The van der Waals surface area contributed by atoms with Crippen LogP contribution in [0.25, 0.3) is 0 Å². The third-order valence-electron chi connectivity index (χ3n) is 1.89. The molecule has 3 nitrogen and oxygen atoms in total. The van der Waals surface area contributed by atoms with Gasteiger partial charge in [0.15, 0.2) is 0 Å². The normalized spacial score (nSPS) is 15.2. The van der Waals surface area contributed by atoms with Crippen LogP contribution in [0.15, 0.2) is 12.7 Å². The molecule has 0 heterocycles. The number of carbonyl (C=O) groups is 1. The summed E-state index contributed by atoms with van der Waals surface area (Å²) in [5, 5.41) is 8.79. The van der Waals surface area contributed by atoms with Gasteiger partial charge in [-0.3, -0.25) is 4.79 Å². The lowest BCUT2D eigenvalue weighted by Crippen LogP contribution is -2.25. The fourth-order valence-electron chi connectivity index (χ4n) is 1.09. The summed E-state index contributed by atoms with van der Waals surface area (Å²) < 4.78 is 4.82. The molecule has 12 heavy (non-hydrogen) atoms. The van der Waals surface area contributed by atoms with Gasteiger partial charge in [-0.25, -0.2) is 0 Å². The lowest BCUT2D eigenvalue weighted by molar-refractivity contribution is -0.145. The fourth-order valence-corrected chi connectivity index (χ4v) is 1.09. The zero-order valence-corrected chi connectivity index (χ0v) is 7.62. The summed E-state index contributed by atoms with van der Waals surface area (Å²) in [5.74, 6) is -1.14. The summed E-state index contributed by atoms with van der Waals surface area (Å²) in [7, 11) is 1.51. The Morgan fingerprint density at radius 3 is 2.67 bits per heavy atom. The first-order valence-electron chi connectivity index (χ1n) is 3.96. The molecular weight excluding hydrogens is 156 g/mol. The van der Waals surface area contributed by atoms with E-state index < -0.39 is 11.9 Å². The van der Waals surface area contributed by atoms with Crippen molar-refractivity contribution in [2.45, 2.75) is 13.3 Å². The largest absolute Gasteiger partial charge is 0.481 e. The van der Waals surface area contributed by atoms with Crippen molar-refractivity contribution in [3.8, 4) is 0 Å². The lowest BCUT2D eigenvalue weighted by atomic mass is 9.92. The lowest BCUT2D eigenvalue weighted by Gasteiger charge is -2.17. The highest BCUT2D eigenvalue weighted by Crippen LogP contribution is 2.16. The number of methoxy groups -OCH3 is 1. The summed E-state index contributed by atoms with van der Waals surface area (Å²) in [6.45, 7) is 5.73. The van der Waals surface area contributed by atoms with Gasteiger partial charge in [-0.05, 0) is 12.3 Å². The Hall–Kier alpha value is -0.830. The number of rotatable bonds is 6. The van der Waals surface area contributed by atoms with E-state index in [1.807, 2.05) is 6.92 Å². The second-order valence-electron chi connectivity index (χ2n) is 2.90. The summed E-state index contributed by atoms with van der Waals surface area (Å²) in [4.78, 5) is 10.7. The number of ether oxygens (including phenoxy) is 1. The second-order valence-corrected chi connectivity index (χ2v) is 2.90. The summed E-state index contributed by atoms with van der Waals surface area (Å²) in [6, 6.07) is 0. The first-order chi connectivity index (χ1) is 5.63. The minimum atomic E-state index is -0.800. The van der Waals surface area contributed by atoms with Crippen molar-refractivity contribution in [2.75, 3.05) is 13.7 Å². The molecule has 0 rings (SSSR count). The van der Waals surface area contributed by atoms with Gasteiger partial charge >= 0.3 is 5.97 Å². The molecule has 0 aromatic heterocycles. The average molecular weight is 172 g/mol. The van der Waals surface area contributed by atoms with Crippen molar-refractivity contribution < 1.29 is 14.6 Å². The zero-order chi connectivity index (χ0) is 9.56. The first-order valence-corrected chi connectivity index (χ1v) is 3.96. The quantitative estimate of drug-likeness (QED) is 0.618. The van der Waals surface area contributed by atoms with E-state index in [0.29, 0.717) is 6.42 Å². The summed E-state index contributed by atoms with van der Waals surface area (Å²) >= 11 is 0. The molecular formula is C9H16O3. The first kappa shape index (κ1) is 11.2. The molecule has 0 aliphatic carbocycles. The Kier molecular flexibility index (Phi) is 5.37. The smallest absolute Gasteiger partial charge is 0.309 e. The highest BCUT2D eigenvalue weighted by atomic mass is 16.5. The van der Waals surface area contributed by atoms with Gasteiger partial charge in [0.1, 0.15) is 0 Å². The molecule has 70 valence electrons. The number of carboxylic acid groups (broad SMARTS) is 1. The fraction of sp³-hybridized carbons (Fsp3) is 0.667. The molecule has 0 radical (unpaired) electrons. The van der Waals surface area contributed by atoms with E-state index >= 15 is 0 Å². The molecule has 1 N–H and O–H groups in total. The van der Waals surface area contributed by atoms with E-state index in [0.717, 1.165) is 0 Å². The Morgan fingerprint density at radius 1 is 1.75 bits per heavy atom. The minimum absolute atomic E-state index is 0.0833. The van der Waals surface area contributed by atoms with Gasteiger partial charge < -0.3 is 9.84 Å². The van der Waals surface area contributed by atoms with E-state index in [1.54, 1.807) is 6.08 Å². The van der Waals surface area contributed by atoms with Crippen LogP contribution in [0.3, 0.4) is 0 Å². The molecule has 3 heteroatoms. The molecule has 0 fully saturated rings. The molecule has 0 amide bonds. The van der Waals surface area contributed by atoms with Crippen molar-refractivity contribution in [2.24, 2.45) is 11.8 Å². The van der Waals surface area contributed by atoms with Crippen LogP contribution < -0.4 is 0 Å². The number of hydrogen-bond acceptors (Lipinski definition) is 2. The maximum absolute atomic E-state index is 10.7. The third kappa shape index (κ3) is 3.53. The number of carboxylic acids is 1. The SMILES string of the molecule is C=CCC(C)C(COC)C(=O)O. The maximum Gasteiger partial charge on any atom is 0.309 e. The van der Waals surface area contributed by atoms with Gasteiger partial charge in [-0.2, -0.15) is 0 Å². The zero-order valence-electron chi connectivity index (χ0n) is 7.62. The third-order valence-corrected chi connectivity index (χ3v) is 1.89. The highest BCUT2D eigenvalue weighted by Gasteiger charge is 2.23. The number of hydrogen-bond donors (Lipinski definition) is 1. The van der Waals surface area contributed by atoms with Gasteiger partial charge in [0.05, 0.1) is 12.5 Å². The standard InChI is InChI=1S/C9H16O3/c1-4-5-7(2)8(6-12-3)9(10)11/h4,7-8H,1,5-6H2,2-3H3,(H,10,11). The van der Waals surface area contributed by atoms with E-state index in [9.17, 15) is 4.79 Å². The van der Waals surface area contributed by atoms with Crippen LogP contribution in [0.1, 0.15) is 13.3 Å². The predicted molar refractivity (Wildman–Crippen MR) is 47.0 cm³/mol. The Balaban J connectivity index is 4.07. The summed E-state index contributed by atoms with van der Waals surface area (Å²) in [6.07, 6.45) is 2.44. The Labute approximate surface area is 73.0 Å². The molecule has 2 unspecified atom stereocenters. The van der Waals surface area contributed by atoms with Gasteiger partial charge in [-0.1, -0.05) is 13.0 Å². The van der Waals surface area contributed by atoms with Crippen molar-refractivity contribution in [1.29, 1.82) is 0 Å². The van der Waals surface area contributed by atoms with Gasteiger partial charge in [0, 0.05) is 7.11 Å². The van der Waals surface area contributed by atoms with Crippen LogP contribution in [-0.2, 0) is 9.53 Å². The molecule has 0 aromatic carbocycles. The molecule has 0 aromatic rings. The predicted octanol–water partition coefficient (Wildman–Crippen LogP) is 1.55. The van der Waals surface area contributed by atoms with Crippen LogP contribution >= 0.6 is 0 Å². The minimum Gasteiger partial charge on any atom is -0.481 e. The Morgan fingerprint density at radius 2 is 2.33 bits per heavy atom. The van der Waals surface area contributed by atoms with E-state index in [2.05, 4.69) is 6.58 Å². The molecule has 2 atom stereocenters. The maximum atomic E-state index is 10.7. The summed E-state index contributed by atoms with van der Waals surface area (Å²) in [5.41, 5.74) is 0. The topological polar surface area (TPSA) is 46.5 Å². The Bertz CT molecular complexity index is 154. The number of allylic oxidation sites excluding steroid dienone is 1. The second kappa shape index (κ2) is 5.77. The van der Waals surface area contributed by atoms with Gasteiger partial charge in [-0.15, -0.1) is 6.58 Å². The molecule has 0 aliphatic rings. The molecule has 0 saturated heterocycles. The van der Waals surface area contributed by atoms with Crippen molar-refractivity contribution in [3.05, 3.63) is 12.7 Å². The molecule has 0 bridgehead atoms.